The molecule has 0 unspecified atom stereocenters. The van der Waals surface area contributed by atoms with Crippen LogP contribution >= 0.6 is 11.6 Å². The van der Waals surface area contributed by atoms with Gasteiger partial charge in [0, 0.05) is 28.9 Å². The van der Waals surface area contributed by atoms with E-state index >= 15 is 0 Å². The van der Waals surface area contributed by atoms with E-state index < -0.39 is 17.5 Å². The van der Waals surface area contributed by atoms with Crippen molar-refractivity contribution in [1.82, 2.24) is 0 Å². The van der Waals surface area contributed by atoms with Gasteiger partial charge in [0.2, 0.25) is 0 Å². The Morgan fingerprint density at radius 2 is 1.71 bits per heavy atom. The summed E-state index contributed by atoms with van der Waals surface area (Å²) < 4.78 is 0. The molecule has 0 atom stereocenters. The van der Waals surface area contributed by atoms with Crippen molar-refractivity contribution in [2.45, 2.75) is 32.2 Å². The van der Waals surface area contributed by atoms with Crippen molar-refractivity contribution in [1.29, 1.82) is 0 Å². The normalized spacial score (nSPS) is 11.9. The number of nitrogens with one attached hydrogen (secondary N) is 1. The quantitative estimate of drug-likeness (QED) is 0.456. The first-order valence-electron chi connectivity index (χ1n) is 8.93. The number of carbonyl (C=O) groups is 2. The van der Waals surface area contributed by atoms with Gasteiger partial charge in [-0.3, -0.25) is 4.99 Å². The molecular formula is C21H23ClN2O4. The van der Waals surface area contributed by atoms with Crippen molar-refractivity contribution in [3.05, 3.63) is 64.2 Å². The van der Waals surface area contributed by atoms with E-state index in [9.17, 15) is 19.8 Å². The molecule has 0 aliphatic carbocycles. The number of aliphatic carboxylic acids is 2. The summed E-state index contributed by atoms with van der Waals surface area (Å²) in [6.45, 7) is 3.46. The summed E-state index contributed by atoms with van der Waals surface area (Å²) in [5, 5.41) is 22.9. The van der Waals surface area contributed by atoms with Gasteiger partial charge < -0.3 is 15.5 Å². The first-order valence-corrected chi connectivity index (χ1v) is 9.31. The van der Waals surface area contributed by atoms with Crippen molar-refractivity contribution in [3.63, 3.8) is 0 Å². The number of anilines is 1. The molecule has 0 aromatic heterocycles. The maximum atomic E-state index is 11.9. The highest BCUT2D eigenvalue weighted by molar-refractivity contribution is 6.31. The number of carboxylic acid groups (broad SMARTS) is 2. The van der Waals surface area contributed by atoms with Crippen LogP contribution < -0.4 is 5.32 Å². The van der Waals surface area contributed by atoms with E-state index in [0.29, 0.717) is 28.3 Å². The zero-order valence-corrected chi connectivity index (χ0v) is 16.7. The lowest BCUT2D eigenvalue weighted by Gasteiger charge is -2.23. The van der Waals surface area contributed by atoms with E-state index in [4.69, 9.17) is 11.6 Å². The predicted octanol–water partition coefficient (Wildman–Crippen LogP) is 4.10. The minimum atomic E-state index is -2.30. The Balaban J connectivity index is 2.94. The molecule has 0 aliphatic heterocycles. The van der Waals surface area contributed by atoms with Crippen LogP contribution in [0.2, 0.25) is 5.02 Å². The van der Waals surface area contributed by atoms with Crippen LogP contribution in [0.4, 0.5) is 5.69 Å². The molecule has 0 aliphatic rings. The third-order valence-corrected chi connectivity index (χ3v) is 4.92. The number of hydrogen-bond donors (Lipinski definition) is 3. The van der Waals surface area contributed by atoms with Gasteiger partial charge in [0.25, 0.3) is 5.54 Å². The first kappa shape index (κ1) is 21.4. The Labute approximate surface area is 168 Å². The molecule has 6 nitrogen and oxygen atoms in total. The molecule has 2 aromatic carbocycles. The highest BCUT2D eigenvalue weighted by atomic mass is 35.5. The Bertz CT molecular complexity index is 910. The summed E-state index contributed by atoms with van der Waals surface area (Å²) in [4.78, 5) is 28.2. The Kier molecular flexibility index (Phi) is 6.80. The standard InChI is InChI=1S/C21H23ClN2O4/c1-4-13-8-6-7-9-15(13)18(16-12-14(22)10-11-17(16)23-3)24-21(5-2,19(25)26)20(27)28/h6-12,23H,4-5H2,1-3H3,(H,25,26)(H,27,28). The van der Waals surface area contributed by atoms with Gasteiger partial charge in [-0.25, -0.2) is 9.59 Å². The molecule has 0 saturated carbocycles. The minimum Gasteiger partial charge on any atom is -0.479 e. The van der Waals surface area contributed by atoms with Gasteiger partial charge >= 0.3 is 11.9 Å². The van der Waals surface area contributed by atoms with Crippen molar-refractivity contribution < 1.29 is 19.8 Å². The summed E-state index contributed by atoms with van der Waals surface area (Å²) in [5.41, 5.74) is 0.763. The number of aryl methyl sites for hydroxylation is 1. The van der Waals surface area contributed by atoms with E-state index in [0.717, 1.165) is 5.56 Å². The third kappa shape index (κ3) is 4.02. The predicted molar refractivity (Wildman–Crippen MR) is 111 cm³/mol. The van der Waals surface area contributed by atoms with Gasteiger partial charge in [-0.05, 0) is 36.6 Å². The van der Waals surface area contributed by atoms with Crippen LogP contribution in [0.5, 0.6) is 0 Å². The minimum absolute atomic E-state index is 0.203. The van der Waals surface area contributed by atoms with Gasteiger partial charge in [-0.15, -0.1) is 0 Å². The lowest BCUT2D eigenvalue weighted by Crippen LogP contribution is -2.45. The largest absolute Gasteiger partial charge is 0.479 e. The van der Waals surface area contributed by atoms with Crippen molar-refractivity contribution in [2.24, 2.45) is 4.99 Å². The van der Waals surface area contributed by atoms with Crippen molar-refractivity contribution >= 4 is 34.9 Å². The van der Waals surface area contributed by atoms with E-state index in [1.54, 1.807) is 25.2 Å². The lowest BCUT2D eigenvalue weighted by atomic mass is 9.91. The van der Waals surface area contributed by atoms with E-state index in [1.807, 2.05) is 31.2 Å². The van der Waals surface area contributed by atoms with Crippen molar-refractivity contribution in [3.8, 4) is 0 Å². The second kappa shape index (κ2) is 8.89. The maximum absolute atomic E-state index is 11.9. The second-order valence-corrected chi connectivity index (χ2v) is 6.67. The molecule has 7 heteroatoms. The highest BCUT2D eigenvalue weighted by Gasteiger charge is 2.45. The Morgan fingerprint density at radius 3 is 2.25 bits per heavy atom. The number of carboxylic acids is 2. The van der Waals surface area contributed by atoms with E-state index in [-0.39, 0.29) is 12.1 Å². The average molecular weight is 403 g/mol. The molecule has 0 saturated heterocycles. The average Bonchev–Trinajstić information content (AvgIpc) is 2.68. The summed E-state index contributed by atoms with van der Waals surface area (Å²) in [7, 11) is 1.72. The molecule has 0 radical (unpaired) electrons. The van der Waals surface area contributed by atoms with E-state index in [1.165, 1.54) is 6.92 Å². The molecule has 148 valence electrons. The fraction of sp³-hybridized carbons (Fsp3) is 0.286. The van der Waals surface area contributed by atoms with Gasteiger partial charge in [0.1, 0.15) is 0 Å². The number of aliphatic imine (C=N–C) groups is 1. The Morgan fingerprint density at radius 1 is 1.07 bits per heavy atom. The molecule has 28 heavy (non-hydrogen) atoms. The molecule has 2 rings (SSSR count). The van der Waals surface area contributed by atoms with Crippen LogP contribution in [0, 0.1) is 0 Å². The fourth-order valence-electron chi connectivity index (χ4n) is 3.02. The molecule has 3 N–H and O–H groups in total. The smallest absolute Gasteiger partial charge is 0.343 e. The summed E-state index contributed by atoms with van der Waals surface area (Å²) in [6.07, 6.45) is 0.467. The SMILES string of the molecule is CCc1ccccc1C(=NC(CC)(C(=O)O)C(=O)O)c1cc(Cl)ccc1NC. The van der Waals surface area contributed by atoms with Crippen LogP contribution in [-0.2, 0) is 16.0 Å². The molecule has 0 fully saturated rings. The molecule has 0 bridgehead atoms. The van der Waals surface area contributed by atoms with Crippen LogP contribution in [0.15, 0.2) is 47.5 Å². The summed E-state index contributed by atoms with van der Waals surface area (Å²) in [5.74, 6) is -3.02. The molecule has 0 spiro atoms. The first-order chi connectivity index (χ1) is 13.3. The maximum Gasteiger partial charge on any atom is 0.343 e. The lowest BCUT2D eigenvalue weighted by molar-refractivity contribution is -0.156. The number of hydrogen-bond acceptors (Lipinski definition) is 4. The fourth-order valence-corrected chi connectivity index (χ4v) is 3.19. The number of nitrogens with zero attached hydrogens (tertiary/aromatic N) is 1. The van der Waals surface area contributed by atoms with Gasteiger partial charge in [-0.2, -0.15) is 0 Å². The second-order valence-electron chi connectivity index (χ2n) is 6.24. The monoisotopic (exact) mass is 402 g/mol. The van der Waals surface area contributed by atoms with Crippen LogP contribution in [0.3, 0.4) is 0 Å². The summed E-state index contributed by atoms with van der Waals surface area (Å²) in [6, 6.07) is 12.5. The van der Waals surface area contributed by atoms with Crippen LogP contribution in [0.25, 0.3) is 0 Å². The molecule has 2 aromatic rings. The number of rotatable bonds is 8. The van der Waals surface area contributed by atoms with Crippen molar-refractivity contribution in [2.75, 3.05) is 12.4 Å². The van der Waals surface area contributed by atoms with Gasteiger partial charge in [0.05, 0.1) is 5.71 Å². The van der Waals surface area contributed by atoms with E-state index in [2.05, 4.69) is 10.3 Å². The van der Waals surface area contributed by atoms with Gasteiger partial charge in [-0.1, -0.05) is 49.7 Å². The number of halogens is 1. The zero-order chi connectivity index (χ0) is 20.9. The topological polar surface area (TPSA) is 99.0 Å². The zero-order valence-electron chi connectivity index (χ0n) is 16.0. The van der Waals surface area contributed by atoms with Crippen LogP contribution in [0.1, 0.15) is 37.0 Å². The summed E-state index contributed by atoms with van der Waals surface area (Å²) >= 11 is 6.19. The third-order valence-electron chi connectivity index (χ3n) is 4.68. The van der Waals surface area contributed by atoms with Gasteiger partial charge in [0.15, 0.2) is 0 Å². The van der Waals surface area contributed by atoms with Crippen LogP contribution in [-0.4, -0.2) is 40.4 Å². The number of benzene rings is 2. The Hall–Kier alpha value is -2.86. The highest BCUT2D eigenvalue weighted by Crippen LogP contribution is 2.29. The molecule has 0 heterocycles. The molecule has 0 amide bonds. The molecular weight excluding hydrogens is 380 g/mol.